The number of aromatic nitrogens is 3. The van der Waals surface area contributed by atoms with Crippen LogP contribution < -0.4 is 5.73 Å². The fraction of sp³-hybridized carbons (Fsp3) is 0. The first-order valence-corrected chi connectivity index (χ1v) is 5.19. The van der Waals surface area contributed by atoms with E-state index in [1.807, 2.05) is 24.3 Å². The molecule has 0 saturated carbocycles. The number of fused-ring (bicyclic) bond motifs is 1. The van der Waals surface area contributed by atoms with E-state index in [2.05, 4.69) is 15.2 Å². The highest BCUT2D eigenvalue weighted by molar-refractivity contribution is 6.31. The summed E-state index contributed by atoms with van der Waals surface area (Å²) in [5, 5.41) is 8.52. The number of rotatable bonds is 1. The Morgan fingerprint density at radius 2 is 2.12 bits per heavy atom. The SMILES string of the molecule is Nc1cn[nH]c1-c1cc2cc(Cl)ccc2[nH]1. The van der Waals surface area contributed by atoms with Crippen LogP contribution in [0.2, 0.25) is 5.02 Å². The molecule has 0 aliphatic rings. The molecule has 0 atom stereocenters. The topological polar surface area (TPSA) is 70.5 Å². The van der Waals surface area contributed by atoms with Gasteiger partial charge < -0.3 is 10.7 Å². The number of nitrogen functional groups attached to an aromatic ring is 1. The lowest BCUT2D eigenvalue weighted by Crippen LogP contribution is -1.85. The van der Waals surface area contributed by atoms with Crippen molar-refractivity contribution in [3.63, 3.8) is 0 Å². The van der Waals surface area contributed by atoms with Crippen LogP contribution in [0.15, 0.2) is 30.5 Å². The number of hydrogen-bond donors (Lipinski definition) is 3. The highest BCUT2D eigenvalue weighted by Gasteiger charge is 2.08. The van der Waals surface area contributed by atoms with Gasteiger partial charge in [-0.1, -0.05) is 11.6 Å². The molecule has 0 saturated heterocycles. The molecular weight excluding hydrogens is 224 g/mol. The fourth-order valence-corrected chi connectivity index (χ4v) is 1.93. The van der Waals surface area contributed by atoms with Gasteiger partial charge in [-0.05, 0) is 24.3 Å². The minimum absolute atomic E-state index is 0.623. The van der Waals surface area contributed by atoms with Gasteiger partial charge in [0.1, 0.15) is 5.69 Å². The van der Waals surface area contributed by atoms with Crippen molar-refractivity contribution in [1.82, 2.24) is 15.2 Å². The standard InChI is InChI=1S/C11H9ClN4/c12-7-1-2-9-6(3-7)4-10(15-9)11-8(13)5-14-16-11/h1-5,15H,13H2,(H,14,16). The Morgan fingerprint density at radius 1 is 1.25 bits per heavy atom. The molecule has 16 heavy (non-hydrogen) atoms. The number of nitrogens with one attached hydrogen (secondary N) is 2. The Kier molecular flexibility index (Phi) is 1.91. The summed E-state index contributed by atoms with van der Waals surface area (Å²) in [5.74, 6) is 0. The van der Waals surface area contributed by atoms with Crippen molar-refractivity contribution < 1.29 is 0 Å². The van der Waals surface area contributed by atoms with Gasteiger partial charge in [0.15, 0.2) is 0 Å². The number of halogens is 1. The highest BCUT2D eigenvalue weighted by Crippen LogP contribution is 2.27. The first kappa shape index (κ1) is 9.30. The molecule has 5 heteroatoms. The summed E-state index contributed by atoms with van der Waals surface area (Å²) in [6, 6.07) is 7.68. The highest BCUT2D eigenvalue weighted by atomic mass is 35.5. The molecule has 0 aliphatic carbocycles. The molecule has 3 rings (SSSR count). The third kappa shape index (κ3) is 1.35. The largest absolute Gasteiger partial charge is 0.396 e. The van der Waals surface area contributed by atoms with Gasteiger partial charge >= 0.3 is 0 Å². The maximum atomic E-state index is 5.93. The zero-order valence-corrected chi connectivity index (χ0v) is 9.05. The molecule has 0 radical (unpaired) electrons. The molecule has 80 valence electrons. The second kappa shape index (κ2) is 3.28. The summed E-state index contributed by atoms with van der Waals surface area (Å²) in [5.41, 5.74) is 9.14. The Morgan fingerprint density at radius 3 is 2.88 bits per heavy atom. The van der Waals surface area contributed by atoms with E-state index in [-0.39, 0.29) is 0 Å². The Balaban J connectivity index is 2.23. The molecule has 3 aromatic rings. The Labute approximate surface area is 96.4 Å². The maximum absolute atomic E-state index is 5.93. The zero-order valence-electron chi connectivity index (χ0n) is 8.29. The number of nitrogens with zero attached hydrogens (tertiary/aromatic N) is 1. The summed E-state index contributed by atoms with van der Waals surface area (Å²) in [6.45, 7) is 0. The van der Waals surface area contributed by atoms with Crippen molar-refractivity contribution >= 4 is 28.2 Å². The molecule has 1 aromatic carbocycles. The summed E-state index contributed by atoms with van der Waals surface area (Å²) in [4.78, 5) is 3.26. The molecule has 0 amide bonds. The smallest absolute Gasteiger partial charge is 0.104 e. The molecule has 2 aromatic heterocycles. The number of nitrogens with two attached hydrogens (primary N) is 1. The molecule has 0 fully saturated rings. The van der Waals surface area contributed by atoms with E-state index in [0.29, 0.717) is 5.69 Å². The van der Waals surface area contributed by atoms with Crippen molar-refractivity contribution in [3.05, 3.63) is 35.5 Å². The van der Waals surface area contributed by atoms with E-state index in [4.69, 9.17) is 17.3 Å². The monoisotopic (exact) mass is 232 g/mol. The minimum Gasteiger partial charge on any atom is -0.396 e. The average Bonchev–Trinajstić information content (AvgIpc) is 2.82. The normalized spacial score (nSPS) is 11.1. The molecule has 4 nitrogen and oxygen atoms in total. The third-order valence-electron chi connectivity index (χ3n) is 2.52. The molecule has 0 aliphatic heterocycles. The lowest BCUT2D eigenvalue weighted by molar-refractivity contribution is 1.09. The van der Waals surface area contributed by atoms with Crippen molar-refractivity contribution in [2.75, 3.05) is 5.73 Å². The summed E-state index contributed by atoms with van der Waals surface area (Å²) in [7, 11) is 0. The van der Waals surface area contributed by atoms with Crippen LogP contribution in [0.25, 0.3) is 22.3 Å². The van der Waals surface area contributed by atoms with Gasteiger partial charge in [0.05, 0.1) is 17.6 Å². The third-order valence-corrected chi connectivity index (χ3v) is 2.76. The van der Waals surface area contributed by atoms with Crippen molar-refractivity contribution in [2.24, 2.45) is 0 Å². The van der Waals surface area contributed by atoms with Gasteiger partial charge in [-0.3, -0.25) is 5.10 Å². The molecular formula is C11H9ClN4. The van der Waals surface area contributed by atoms with Crippen LogP contribution in [0.4, 0.5) is 5.69 Å². The van der Waals surface area contributed by atoms with Gasteiger partial charge in [0, 0.05) is 15.9 Å². The second-order valence-electron chi connectivity index (χ2n) is 3.61. The number of benzene rings is 1. The van der Waals surface area contributed by atoms with E-state index in [1.54, 1.807) is 6.20 Å². The van der Waals surface area contributed by atoms with Gasteiger partial charge in [-0.2, -0.15) is 5.10 Å². The van der Waals surface area contributed by atoms with E-state index >= 15 is 0 Å². The van der Waals surface area contributed by atoms with Crippen LogP contribution in [-0.2, 0) is 0 Å². The zero-order chi connectivity index (χ0) is 11.1. The van der Waals surface area contributed by atoms with Crippen LogP contribution in [-0.4, -0.2) is 15.2 Å². The van der Waals surface area contributed by atoms with Gasteiger partial charge in [0.2, 0.25) is 0 Å². The van der Waals surface area contributed by atoms with Crippen LogP contribution in [0.5, 0.6) is 0 Å². The number of H-pyrrole nitrogens is 2. The average molecular weight is 233 g/mol. The van der Waals surface area contributed by atoms with Gasteiger partial charge in [-0.15, -0.1) is 0 Å². The predicted octanol–water partition coefficient (Wildman–Crippen LogP) is 2.79. The van der Waals surface area contributed by atoms with E-state index in [9.17, 15) is 0 Å². The minimum atomic E-state index is 0.623. The number of aromatic amines is 2. The maximum Gasteiger partial charge on any atom is 0.104 e. The van der Waals surface area contributed by atoms with Crippen LogP contribution in [0.1, 0.15) is 0 Å². The van der Waals surface area contributed by atoms with Crippen LogP contribution in [0.3, 0.4) is 0 Å². The molecule has 0 spiro atoms. The first-order valence-electron chi connectivity index (χ1n) is 4.81. The Bertz CT molecular complexity index is 653. The van der Waals surface area contributed by atoms with Gasteiger partial charge in [0.25, 0.3) is 0 Å². The van der Waals surface area contributed by atoms with Crippen molar-refractivity contribution in [3.8, 4) is 11.4 Å². The van der Waals surface area contributed by atoms with Crippen molar-refractivity contribution in [1.29, 1.82) is 0 Å². The van der Waals surface area contributed by atoms with Gasteiger partial charge in [-0.25, -0.2) is 0 Å². The molecule has 0 unspecified atom stereocenters. The molecule has 2 heterocycles. The Hall–Kier alpha value is -1.94. The fourth-order valence-electron chi connectivity index (χ4n) is 1.75. The molecule has 0 bridgehead atoms. The predicted molar refractivity (Wildman–Crippen MR) is 65.3 cm³/mol. The molecule has 4 N–H and O–H groups in total. The number of hydrogen-bond acceptors (Lipinski definition) is 2. The van der Waals surface area contributed by atoms with E-state index < -0.39 is 0 Å². The van der Waals surface area contributed by atoms with E-state index in [1.165, 1.54) is 0 Å². The van der Waals surface area contributed by atoms with Crippen molar-refractivity contribution in [2.45, 2.75) is 0 Å². The van der Waals surface area contributed by atoms with E-state index in [0.717, 1.165) is 27.3 Å². The summed E-state index contributed by atoms with van der Waals surface area (Å²) < 4.78 is 0. The lowest BCUT2D eigenvalue weighted by Gasteiger charge is -1.93. The summed E-state index contributed by atoms with van der Waals surface area (Å²) in [6.07, 6.45) is 1.59. The second-order valence-corrected chi connectivity index (χ2v) is 4.05. The first-order chi connectivity index (χ1) is 7.74. The van der Waals surface area contributed by atoms with Crippen LogP contribution in [0, 0.1) is 0 Å². The quantitative estimate of drug-likeness (QED) is 0.604. The summed E-state index contributed by atoms with van der Waals surface area (Å²) >= 11 is 5.93. The lowest BCUT2D eigenvalue weighted by atomic mass is 10.2. The number of anilines is 1. The van der Waals surface area contributed by atoms with Crippen LogP contribution >= 0.6 is 11.6 Å².